The monoisotopic (exact) mass is 337 g/mol. The number of nitrogens with zero attached hydrogens (tertiary/aromatic N) is 1. The summed E-state index contributed by atoms with van der Waals surface area (Å²) in [7, 11) is 0. The number of piperidine rings is 1. The van der Waals surface area contributed by atoms with E-state index in [4.69, 9.17) is 5.11 Å². The molecule has 1 heterocycles. The Kier molecular flexibility index (Phi) is 6.85. The van der Waals surface area contributed by atoms with Crippen molar-refractivity contribution in [1.82, 2.24) is 10.6 Å². The molecule has 134 valence electrons. The summed E-state index contributed by atoms with van der Waals surface area (Å²) in [4.78, 5) is 14.2. The Balaban J connectivity index is 1.85. The van der Waals surface area contributed by atoms with Gasteiger partial charge < -0.3 is 20.6 Å². The van der Waals surface area contributed by atoms with Crippen molar-refractivity contribution in [3.05, 3.63) is 29.6 Å². The Labute approximate surface area is 143 Å². The lowest BCUT2D eigenvalue weighted by molar-refractivity contribution is 0.229. The zero-order valence-corrected chi connectivity index (χ0v) is 14.5. The molecule has 0 saturated carbocycles. The highest BCUT2D eigenvalue weighted by Crippen LogP contribution is 2.24. The first-order valence-corrected chi connectivity index (χ1v) is 8.66. The summed E-state index contributed by atoms with van der Waals surface area (Å²) in [5.41, 5.74) is 1.94. The molecule has 2 rings (SSSR count). The highest BCUT2D eigenvalue weighted by atomic mass is 19.1. The number of hydrogen-bond donors (Lipinski definition) is 3. The van der Waals surface area contributed by atoms with Gasteiger partial charge in [0.2, 0.25) is 0 Å². The molecule has 1 aliphatic rings. The number of carbonyl (C=O) groups is 1. The van der Waals surface area contributed by atoms with Crippen LogP contribution in [0.2, 0.25) is 0 Å². The minimum absolute atomic E-state index is 0.0800. The Morgan fingerprint density at radius 2 is 2.29 bits per heavy atom. The molecule has 1 saturated heterocycles. The van der Waals surface area contributed by atoms with E-state index < -0.39 is 0 Å². The largest absolute Gasteiger partial charge is 0.396 e. The predicted octanol–water partition coefficient (Wildman–Crippen LogP) is 2.42. The number of nitrogens with one attached hydrogen (secondary N) is 2. The molecule has 3 N–H and O–H groups in total. The fourth-order valence-corrected chi connectivity index (χ4v) is 3.11. The van der Waals surface area contributed by atoms with E-state index in [9.17, 15) is 9.18 Å². The van der Waals surface area contributed by atoms with E-state index in [1.54, 1.807) is 6.07 Å². The third-order valence-corrected chi connectivity index (χ3v) is 4.49. The van der Waals surface area contributed by atoms with Crippen molar-refractivity contribution in [2.45, 2.75) is 39.2 Å². The first-order valence-electron chi connectivity index (χ1n) is 8.66. The molecular formula is C18H28FN3O2. The molecule has 6 heteroatoms. The number of anilines is 1. The summed E-state index contributed by atoms with van der Waals surface area (Å²) in [6.07, 6.45) is 2.61. The van der Waals surface area contributed by atoms with E-state index in [0.29, 0.717) is 13.0 Å². The van der Waals surface area contributed by atoms with E-state index in [-0.39, 0.29) is 30.4 Å². The summed E-state index contributed by atoms with van der Waals surface area (Å²) in [5.74, 6) is 0.0322. The molecule has 1 aliphatic heterocycles. The van der Waals surface area contributed by atoms with Gasteiger partial charge in [-0.25, -0.2) is 9.18 Å². The van der Waals surface area contributed by atoms with Crippen molar-refractivity contribution in [2.75, 3.05) is 31.1 Å². The molecule has 1 aromatic rings. The van der Waals surface area contributed by atoms with Gasteiger partial charge in [0.25, 0.3) is 0 Å². The first kappa shape index (κ1) is 18.5. The first-order chi connectivity index (χ1) is 11.5. The van der Waals surface area contributed by atoms with Crippen molar-refractivity contribution in [3.63, 3.8) is 0 Å². The van der Waals surface area contributed by atoms with Gasteiger partial charge in [-0.15, -0.1) is 0 Å². The van der Waals surface area contributed by atoms with Crippen LogP contribution in [-0.2, 0) is 0 Å². The molecule has 0 bridgehead atoms. The van der Waals surface area contributed by atoms with Crippen LogP contribution in [-0.4, -0.2) is 43.4 Å². The number of amides is 2. The second-order valence-electron chi connectivity index (χ2n) is 6.69. The highest BCUT2D eigenvalue weighted by molar-refractivity contribution is 5.74. The molecule has 5 nitrogen and oxygen atoms in total. The third kappa shape index (κ3) is 5.37. The molecule has 2 amide bonds. The molecule has 24 heavy (non-hydrogen) atoms. The lowest BCUT2D eigenvalue weighted by Crippen LogP contribution is -2.51. The Bertz CT molecular complexity index is 553. The fraction of sp³-hybridized carbons (Fsp3) is 0.611. The third-order valence-electron chi connectivity index (χ3n) is 4.49. The van der Waals surface area contributed by atoms with Gasteiger partial charge in [0.1, 0.15) is 5.82 Å². The summed E-state index contributed by atoms with van der Waals surface area (Å²) in [5, 5.41) is 14.8. The van der Waals surface area contributed by atoms with E-state index in [2.05, 4.69) is 15.5 Å². The highest BCUT2D eigenvalue weighted by Gasteiger charge is 2.22. The molecular weight excluding hydrogens is 309 g/mol. The van der Waals surface area contributed by atoms with Gasteiger partial charge in [-0.2, -0.15) is 0 Å². The molecule has 2 atom stereocenters. The number of hydrogen-bond acceptors (Lipinski definition) is 3. The number of urea groups is 1. The number of carbonyl (C=O) groups excluding carboxylic acids is 1. The smallest absolute Gasteiger partial charge is 0.315 e. The maximum Gasteiger partial charge on any atom is 0.315 e. The SMILES string of the molecule is Cc1cc(F)ccc1N1CCC[C@@H](NC(=O)NC[C@@H](C)CCO)C1. The number of aliphatic hydroxyl groups excluding tert-OH is 1. The van der Waals surface area contributed by atoms with Crippen LogP contribution in [0.3, 0.4) is 0 Å². The van der Waals surface area contributed by atoms with E-state index in [0.717, 1.165) is 37.2 Å². The van der Waals surface area contributed by atoms with Gasteiger partial charge in [0, 0.05) is 38.0 Å². The Hall–Kier alpha value is -1.82. The van der Waals surface area contributed by atoms with Crippen LogP contribution < -0.4 is 15.5 Å². The molecule has 1 aromatic carbocycles. The molecule has 0 radical (unpaired) electrons. The van der Waals surface area contributed by atoms with Crippen LogP contribution in [0.25, 0.3) is 0 Å². The second kappa shape index (κ2) is 8.87. The van der Waals surface area contributed by atoms with Gasteiger partial charge in [-0.05, 0) is 55.9 Å². The number of rotatable bonds is 6. The van der Waals surface area contributed by atoms with E-state index in [1.165, 1.54) is 6.07 Å². The Morgan fingerprint density at radius 1 is 1.50 bits per heavy atom. The zero-order valence-electron chi connectivity index (χ0n) is 14.5. The second-order valence-corrected chi connectivity index (χ2v) is 6.69. The maximum absolute atomic E-state index is 13.3. The topological polar surface area (TPSA) is 64.6 Å². The van der Waals surface area contributed by atoms with Crippen molar-refractivity contribution < 1.29 is 14.3 Å². The summed E-state index contributed by atoms with van der Waals surface area (Å²) >= 11 is 0. The van der Waals surface area contributed by atoms with Crippen LogP contribution >= 0.6 is 0 Å². The standard InChI is InChI=1S/C18H28FN3O2/c1-13(7-9-23)11-20-18(24)21-16-4-3-8-22(12-16)17-6-5-15(19)10-14(17)2/h5-6,10,13,16,23H,3-4,7-9,11-12H2,1-2H3,(H2,20,21,24)/t13-,16+/m0/s1. The van der Waals surface area contributed by atoms with Gasteiger partial charge in [0.05, 0.1) is 0 Å². The molecule has 0 aromatic heterocycles. The lowest BCUT2D eigenvalue weighted by Gasteiger charge is -2.35. The maximum atomic E-state index is 13.3. The lowest BCUT2D eigenvalue weighted by atomic mass is 10.0. The summed E-state index contributed by atoms with van der Waals surface area (Å²) < 4.78 is 13.3. The summed E-state index contributed by atoms with van der Waals surface area (Å²) in [6, 6.07) is 4.75. The van der Waals surface area contributed by atoms with Crippen LogP contribution in [0.1, 0.15) is 31.7 Å². The van der Waals surface area contributed by atoms with Crippen molar-refractivity contribution in [2.24, 2.45) is 5.92 Å². The number of benzene rings is 1. The normalized spacial score (nSPS) is 19.0. The fourth-order valence-electron chi connectivity index (χ4n) is 3.11. The molecule has 0 unspecified atom stereocenters. The molecule has 0 spiro atoms. The average Bonchev–Trinajstić information content (AvgIpc) is 2.53. The quantitative estimate of drug-likeness (QED) is 0.747. The number of halogens is 1. The van der Waals surface area contributed by atoms with Crippen molar-refractivity contribution >= 4 is 11.7 Å². The van der Waals surface area contributed by atoms with Crippen molar-refractivity contribution in [1.29, 1.82) is 0 Å². The predicted molar refractivity (Wildman–Crippen MR) is 93.8 cm³/mol. The Morgan fingerprint density at radius 3 is 3.00 bits per heavy atom. The van der Waals surface area contributed by atoms with Gasteiger partial charge >= 0.3 is 6.03 Å². The average molecular weight is 337 g/mol. The van der Waals surface area contributed by atoms with Gasteiger partial charge in [-0.1, -0.05) is 6.92 Å². The minimum Gasteiger partial charge on any atom is -0.396 e. The minimum atomic E-state index is -0.223. The van der Waals surface area contributed by atoms with Crippen LogP contribution in [0, 0.1) is 18.7 Å². The van der Waals surface area contributed by atoms with Gasteiger partial charge in [-0.3, -0.25) is 0 Å². The number of aryl methyl sites for hydroxylation is 1. The van der Waals surface area contributed by atoms with Gasteiger partial charge in [0.15, 0.2) is 0 Å². The van der Waals surface area contributed by atoms with E-state index >= 15 is 0 Å². The summed E-state index contributed by atoms with van der Waals surface area (Å²) in [6.45, 7) is 6.24. The zero-order chi connectivity index (χ0) is 17.5. The van der Waals surface area contributed by atoms with Crippen LogP contribution in [0.15, 0.2) is 18.2 Å². The van der Waals surface area contributed by atoms with Crippen molar-refractivity contribution in [3.8, 4) is 0 Å². The van der Waals surface area contributed by atoms with Crippen LogP contribution in [0.4, 0.5) is 14.9 Å². The van der Waals surface area contributed by atoms with Crippen LogP contribution in [0.5, 0.6) is 0 Å². The number of aliphatic hydroxyl groups is 1. The van der Waals surface area contributed by atoms with E-state index in [1.807, 2.05) is 19.9 Å². The molecule has 0 aliphatic carbocycles. The molecule has 1 fully saturated rings.